The van der Waals surface area contributed by atoms with Crippen molar-refractivity contribution in [1.29, 1.82) is 0 Å². The predicted octanol–water partition coefficient (Wildman–Crippen LogP) is 2.61. The lowest BCUT2D eigenvalue weighted by atomic mass is 10.0. The van der Waals surface area contributed by atoms with Gasteiger partial charge in [-0.05, 0) is 40.0 Å². The standard InChI is InChI=1S/C16H21BrN2O2/c1-3-5-12(4-2)19-14(10-18)11-8-13(17)16-15(9-11)20-6-7-21-16/h2,8-9,12,14,19H,3,5-7,10,18H2,1H3. The molecule has 2 rings (SSSR count). The third-order valence-corrected chi connectivity index (χ3v) is 4.03. The highest BCUT2D eigenvalue weighted by molar-refractivity contribution is 9.10. The molecule has 4 nitrogen and oxygen atoms in total. The van der Waals surface area contributed by atoms with Gasteiger partial charge in [-0.1, -0.05) is 19.3 Å². The minimum Gasteiger partial charge on any atom is -0.486 e. The van der Waals surface area contributed by atoms with Crippen LogP contribution in [0.25, 0.3) is 0 Å². The molecule has 0 bridgehead atoms. The number of fused-ring (bicyclic) bond motifs is 1. The molecule has 1 aromatic carbocycles. The van der Waals surface area contributed by atoms with Gasteiger partial charge < -0.3 is 15.2 Å². The smallest absolute Gasteiger partial charge is 0.175 e. The van der Waals surface area contributed by atoms with Crippen molar-refractivity contribution in [2.24, 2.45) is 5.73 Å². The van der Waals surface area contributed by atoms with E-state index in [9.17, 15) is 0 Å². The van der Waals surface area contributed by atoms with Gasteiger partial charge >= 0.3 is 0 Å². The van der Waals surface area contributed by atoms with Crippen LogP contribution in [0.4, 0.5) is 0 Å². The van der Waals surface area contributed by atoms with Crippen LogP contribution in [-0.4, -0.2) is 25.8 Å². The van der Waals surface area contributed by atoms with Gasteiger partial charge in [0, 0.05) is 12.6 Å². The average Bonchev–Trinajstić information content (AvgIpc) is 2.51. The zero-order valence-corrected chi connectivity index (χ0v) is 13.8. The Morgan fingerprint density at radius 2 is 2.19 bits per heavy atom. The third-order valence-electron chi connectivity index (χ3n) is 3.44. The maximum Gasteiger partial charge on any atom is 0.175 e. The molecule has 1 heterocycles. The molecule has 5 heteroatoms. The van der Waals surface area contributed by atoms with Crippen molar-refractivity contribution in [3.63, 3.8) is 0 Å². The lowest BCUT2D eigenvalue weighted by molar-refractivity contribution is 0.170. The zero-order chi connectivity index (χ0) is 15.2. The molecule has 1 aliphatic rings. The Hall–Kier alpha value is -1.22. The number of hydrogen-bond acceptors (Lipinski definition) is 4. The largest absolute Gasteiger partial charge is 0.486 e. The minimum atomic E-state index is -0.00951. The van der Waals surface area contributed by atoms with Crippen LogP contribution in [0, 0.1) is 12.3 Å². The van der Waals surface area contributed by atoms with Gasteiger partial charge in [-0.3, -0.25) is 5.32 Å². The first-order valence-electron chi connectivity index (χ1n) is 7.20. The molecule has 0 amide bonds. The second-order valence-electron chi connectivity index (χ2n) is 4.99. The molecular formula is C16H21BrN2O2. The highest BCUT2D eigenvalue weighted by Gasteiger charge is 2.21. The number of hydrogen-bond donors (Lipinski definition) is 2. The van der Waals surface area contributed by atoms with Crippen molar-refractivity contribution in [2.75, 3.05) is 19.8 Å². The number of rotatable bonds is 6. The summed E-state index contributed by atoms with van der Waals surface area (Å²) in [5.41, 5.74) is 6.96. The van der Waals surface area contributed by atoms with E-state index in [4.69, 9.17) is 21.6 Å². The average molecular weight is 353 g/mol. The Kier molecular flexibility index (Phi) is 5.92. The Morgan fingerprint density at radius 3 is 2.86 bits per heavy atom. The highest BCUT2D eigenvalue weighted by Crippen LogP contribution is 2.39. The quantitative estimate of drug-likeness (QED) is 0.772. The number of nitrogens with two attached hydrogens (primary N) is 1. The predicted molar refractivity (Wildman–Crippen MR) is 87.6 cm³/mol. The highest BCUT2D eigenvalue weighted by atomic mass is 79.9. The number of ether oxygens (including phenoxy) is 2. The number of nitrogens with one attached hydrogen (secondary N) is 1. The summed E-state index contributed by atoms with van der Waals surface area (Å²) in [6.07, 6.45) is 7.53. The molecule has 0 saturated carbocycles. The monoisotopic (exact) mass is 352 g/mol. The van der Waals surface area contributed by atoms with Crippen LogP contribution >= 0.6 is 15.9 Å². The summed E-state index contributed by atoms with van der Waals surface area (Å²) in [4.78, 5) is 0. The fraction of sp³-hybridized carbons (Fsp3) is 0.500. The van der Waals surface area contributed by atoms with E-state index < -0.39 is 0 Å². The van der Waals surface area contributed by atoms with Gasteiger partial charge in [-0.2, -0.15) is 0 Å². The summed E-state index contributed by atoms with van der Waals surface area (Å²) in [6, 6.07) is 4.00. The summed E-state index contributed by atoms with van der Waals surface area (Å²) in [7, 11) is 0. The Bertz CT molecular complexity index is 528. The van der Waals surface area contributed by atoms with Gasteiger partial charge in [0.25, 0.3) is 0 Å². The van der Waals surface area contributed by atoms with Crippen LogP contribution < -0.4 is 20.5 Å². The van der Waals surface area contributed by atoms with Gasteiger partial charge in [0.1, 0.15) is 13.2 Å². The number of terminal acetylenes is 1. The summed E-state index contributed by atoms with van der Waals surface area (Å²) >= 11 is 3.53. The normalized spacial score (nSPS) is 16.1. The van der Waals surface area contributed by atoms with E-state index in [1.165, 1.54) is 0 Å². The maximum absolute atomic E-state index is 5.91. The second-order valence-corrected chi connectivity index (χ2v) is 5.84. The van der Waals surface area contributed by atoms with Crippen LogP contribution in [0.5, 0.6) is 11.5 Å². The fourth-order valence-electron chi connectivity index (χ4n) is 2.38. The molecule has 0 spiro atoms. The van der Waals surface area contributed by atoms with E-state index in [2.05, 4.69) is 34.1 Å². The second kappa shape index (κ2) is 7.69. The third kappa shape index (κ3) is 3.91. The Labute approximate surface area is 134 Å². The van der Waals surface area contributed by atoms with Crippen molar-refractivity contribution >= 4 is 15.9 Å². The van der Waals surface area contributed by atoms with E-state index in [-0.39, 0.29) is 12.1 Å². The van der Waals surface area contributed by atoms with Crippen molar-refractivity contribution in [1.82, 2.24) is 5.32 Å². The minimum absolute atomic E-state index is 0.00951. The Balaban J connectivity index is 2.22. The van der Waals surface area contributed by atoms with Crippen molar-refractivity contribution in [3.05, 3.63) is 22.2 Å². The molecule has 0 aliphatic carbocycles. The van der Waals surface area contributed by atoms with E-state index >= 15 is 0 Å². The molecule has 2 unspecified atom stereocenters. The first kappa shape index (κ1) is 16.2. The molecular weight excluding hydrogens is 332 g/mol. The molecule has 0 radical (unpaired) electrons. The molecule has 0 aromatic heterocycles. The number of halogens is 1. The molecule has 0 fully saturated rings. The van der Waals surface area contributed by atoms with Crippen molar-refractivity contribution in [2.45, 2.75) is 31.8 Å². The van der Waals surface area contributed by atoms with Crippen LogP contribution in [0.1, 0.15) is 31.4 Å². The van der Waals surface area contributed by atoms with E-state index in [0.717, 1.165) is 34.4 Å². The molecule has 114 valence electrons. The Morgan fingerprint density at radius 1 is 1.43 bits per heavy atom. The van der Waals surface area contributed by atoms with Crippen molar-refractivity contribution < 1.29 is 9.47 Å². The number of benzene rings is 1. The fourth-order valence-corrected chi connectivity index (χ4v) is 2.95. The van der Waals surface area contributed by atoms with E-state index in [1.807, 2.05) is 12.1 Å². The van der Waals surface area contributed by atoms with E-state index in [1.54, 1.807) is 0 Å². The van der Waals surface area contributed by atoms with Crippen molar-refractivity contribution in [3.8, 4) is 23.8 Å². The first-order chi connectivity index (χ1) is 10.2. The first-order valence-corrected chi connectivity index (χ1v) is 8.00. The topological polar surface area (TPSA) is 56.5 Å². The molecule has 2 atom stereocenters. The van der Waals surface area contributed by atoms with Gasteiger partial charge in [0.2, 0.25) is 0 Å². The molecule has 3 N–H and O–H groups in total. The molecule has 0 saturated heterocycles. The van der Waals surface area contributed by atoms with Crippen LogP contribution in [0.2, 0.25) is 0 Å². The van der Waals surface area contributed by atoms with Gasteiger partial charge in [0.05, 0.1) is 10.5 Å². The van der Waals surface area contributed by atoms with Crippen LogP contribution in [0.3, 0.4) is 0 Å². The molecule has 1 aromatic rings. The summed E-state index contributed by atoms with van der Waals surface area (Å²) in [6.45, 7) is 3.71. The lowest BCUT2D eigenvalue weighted by Gasteiger charge is -2.25. The summed E-state index contributed by atoms with van der Waals surface area (Å²) in [5, 5.41) is 3.43. The maximum atomic E-state index is 5.91. The van der Waals surface area contributed by atoms with Crippen LogP contribution in [-0.2, 0) is 0 Å². The van der Waals surface area contributed by atoms with Gasteiger partial charge in [-0.15, -0.1) is 6.42 Å². The summed E-state index contributed by atoms with van der Waals surface area (Å²) in [5.74, 6) is 4.28. The van der Waals surface area contributed by atoms with E-state index in [0.29, 0.717) is 19.8 Å². The lowest BCUT2D eigenvalue weighted by Crippen LogP contribution is -2.36. The summed E-state index contributed by atoms with van der Waals surface area (Å²) < 4.78 is 12.1. The van der Waals surface area contributed by atoms with Crippen LogP contribution in [0.15, 0.2) is 16.6 Å². The molecule has 21 heavy (non-hydrogen) atoms. The van der Waals surface area contributed by atoms with Gasteiger partial charge in [-0.25, -0.2) is 0 Å². The zero-order valence-electron chi connectivity index (χ0n) is 12.2. The van der Waals surface area contributed by atoms with Gasteiger partial charge in [0.15, 0.2) is 11.5 Å². The molecule has 1 aliphatic heterocycles. The SMILES string of the molecule is C#CC(CCC)NC(CN)c1cc(Br)c2c(c1)OCCO2.